The van der Waals surface area contributed by atoms with E-state index in [2.05, 4.69) is 0 Å². The minimum Gasteiger partial charge on any atom is -0.497 e. The molecule has 0 unspecified atom stereocenters. The molecular formula is C15H19ClN2O4. The van der Waals surface area contributed by atoms with Crippen LogP contribution in [0.1, 0.15) is 5.56 Å². The fourth-order valence-electron chi connectivity index (χ4n) is 2.18. The lowest BCUT2D eigenvalue weighted by atomic mass is 10.2. The summed E-state index contributed by atoms with van der Waals surface area (Å²) in [5.41, 5.74) is 0.894. The normalized spacial score (nSPS) is 14.6. The molecule has 1 aromatic carbocycles. The van der Waals surface area contributed by atoms with E-state index in [-0.39, 0.29) is 24.5 Å². The summed E-state index contributed by atoms with van der Waals surface area (Å²) in [6.45, 7) is 2.12. The minimum absolute atomic E-state index is 0.0259. The van der Waals surface area contributed by atoms with Crippen LogP contribution in [0.2, 0.25) is 0 Å². The molecule has 1 heterocycles. The van der Waals surface area contributed by atoms with Crippen LogP contribution in [0.25, 0.3) is 0 Å². The van der Waals surface area contributed by atoms with Crippen LogP contribution in [0.3, 0.4) is 0 Å². The minimum atomic E-state index is -0.367. The first-order chi connectivity index (χ1) is 10.6. The lowest BCUT2D eigenvalue weighted by Gasteiger charge is -2.33. The lowest BCUT2D eigenvalue weighted by Crippen LogP contribution is -2.51. The van der Waals surface area contributed by atoms with Gasteiger partial charge in [-0.3, -0.25) is 4.79 Å². The smallest absolute Gasteiger partial charge is 0.410 e. The summed E-state index contributed by atoms with van der Waals surface area (Å²) in [6, 6.07) is 7.34. The Bertz CT molecular complexity index is 513. The van der Waals surface area contributed by atoms with Gasteiger partial charge in [-0.05, 0) is 17.7 Å². The lowest BCUT2D eigenvalue weighted by molar-refractivity contribution is -0.130. The average molecular weight is 327 g/mol. The summed E-state index contributed by atoms with van der Waals surface area (Å²) in [7, 11) is 1.60. The molecule has 22 heavy (non-hydrogen) atoms. The van der Waals surface area contributed by atoms with Crippen molar-refractivity contribution >= 4 is 23.6 Å². The number of alkyl halides is 1. The Balaban J connectivity index is 1.77. The highest BCUT2D eigenvalue weighted by Crippen LogP contribution is 2.13. The molecule has 1 aliphatic heterocycles. The first-order valence-corrected chi connectivity index (χ1v) is 7.56. The van der Waals surface area contributed by atoms with E-state index in [4.69, 9.17) is 21.1 Å². The predicted molar refractivity (Wildman–Crippen MR) is 82.1 cm³/mol. The molecule has 0 N–H and O–H groups in total. The summed E-state index contributed by atoms with van der Waals surface area (Å²) < 4.78 is 10.4. The molecule has 2 rings (SSSR count). The molecule has 0 saturated carbocycles. The fourth-order valence-corrected chi connectivity index (χ4v) is 2.35. The van der Waals surface area contributed by atoms with Gasteiger partial charge < -0.3 is 19.3 Å². The molecule has 1 aliphatic rings. The van der Waals surface area contributed by atoms with E-state index in [1.807, 2.05) is 24.3 Å². The van der Waals surface area contributed by atoms with E-state index in [1.54, 1.807) is 16.9 Å². The van der Waals surface area contributed by atoms with Gasteiger partial charge in [0.25, 0.3) is 0 Å². The number of nitrogens with zero attached hydrogens (tertiary/aromatic N) is 2. The second-order valence-corrected chi connectivity index (χ2v) is 5.17. The van der Waals surface area contributed by atoms with Crippen molar-refractivity contribution in [1.29, 1.82) is 0 Å². The molecule has 0 aliphatic carbocycles. The molecule has 2 amide bonds. The molecule has 1 saturated heterocycles. The third kappa shape index (κ3) is 4.27. The highest BCUT2D eigenvalue weighted by molar-refractivity contribution is 6.27. The Morgan fingerprint density at radius 2 is 1.68 bits per heavy atom. The Labute approximate surface area is 134 Å². The average Bonchev–Trinajstić information content (AvgIpc) is 2.59. The topological polar surface area (TPSA) is 59.1 Å². The van der Waals surface area contributed by atoms with Crippen LogP contribution in [0, 0.1) is 0 Å². The van der Waals surface area contributed by atoms with Crippen molar-refractivity contribution < 1.29 is 19.1 Å². The van der Waals surface area contributed by atoms with Gasteiger partial charge >= 0.3 is 6.09 Å². The van der Waals surface area contributed by atoms with Gasteiger partial charge in [-0.2, -0.15) is 0 Å². The van der Waals surface area contributed by atoms with E-state index in [0.717, 1.165) is 11.3 Å². The van der Waals surface area contributed by atoms with Crippen LogP contribution < -0.4 is 4.74 Å². The van der Waals surface area contributed by atoms with Crippen LogP contribution in [-0.4, -0.2) is 61.0 Å². The van der Waals surface area contributed by atoms with Crippen molar-refractivity contribution in [2.45, 2.75) is 6.61 Å². The molecule has 6 nitrogen and oxygen atoms in total. The van der Waals surface area contributed by atoms with Gasteiger partial charge in [-0.15, -0.1) is 11.6 Å². The van der Waals surface area contributed by atoms with Crippen molar-refractivity contribution in [2.75, 3.05) is 39.2 Å². The number of amides is 2. The molecule has 0 aromatic heterocycles. The molecule has 0 bridgehead atoms. The van der Waals surface area contributed by atoms with Crippen LogP contribution in [-0.2, 0) is 16.1 Å². The van der Waals surface area contributed by atoms with Crippen LogP contribution in [0.5, 0.6) is 5.75 Å². The van der Waals surface area contributed by atoms with Crippen LogP contribution in [0.4, 0.5) is 4.79 Å². The third-order valence-electron chi connectivity index (χ3n) is 3.53. The molecule has 1 fully saturated rings. The summed E-state index contributed by atoms with van der Waals surface area (Å²) >= 11 is 5.52. The van der Waals surface area contributed by atoms with Gasteiger partial charge in [-0.1, -0.05) is 12.1 Å². The number of hydrogen-bond donors (Lipinski definition) is 0. The molecule has 0 atom stereocenters. The van der Waals surface area contributed by atoms with Gasteiger partial charge in [0.1, 0.15) is 18.2 Å². The molecular weight excluding hydrogens is 308 g/mol. The van der Waals surface area contributed by atoms with Gasteiger partial charge in [0, 0.05) is 26.2 Å². The van der Waals surface area contributed by atoms with E-state index in [1.165, 1.54) is 0 Å². The number of piperazine rings is 1. The number of halogens is 1. The highest BCUT2D eigenvalue weighted by Gasteiger charge is 2.24. The van der Waals surface area contributed by atoms with Gasteiger partial charge in [0.05, 0.1) is 7.11 Å². The zero-order chi connectivity index (χ0) is 15.9. The Hall–Kier alpha value is -1.95. The standard InChI is InChI=1S/C15H19ClN2O4/c1-21-13-4-2-12(3-5-13)11-22-15(20)18-8-6-17(7-9-18)14(19)10-16/h2-5H,6-11H2,1H3. The van der Waals surface area contributed by atoms with E-state index >= 15 is 0 Å². The van der Waals surface area contributed by atoms with Crippen LogP contribution in [0.15, 0.2) is 24.3 Å². The van der Waals surface area contributed by atoms with Gasteiger partial charge in [0.2, 0.25) is 5.91 Å². The number of hydrogen-bond acceptors (Lipinski definition) is 4. The van der Waals surface area contributed by atoms with Crippen molar-refractivity contribution in [2.24, 2.45) is 0 Å². The monoisotopic (exact) mass is 326 g/mol. The molecule has 1 aromatic rings. The van der Waals surface area contributed by atoms with Crippen LogP contribution >= 0.6 is 11.6 Å². The first kappa shape index (κ1) is 16.4. The SMILES string of the molecule is COc1ccc(COC(=O)N2CCN(C(=O)CCl)CC2)cc1. The summed E-state index contributed by atoms with van der Waals surface area (Å²) in [6.07, 6.45) is -0.367. The third-order valence-corrected chi connectivity index (χ3v) is 3.75. The molecule has 0 radical (unpaired) electrons. The van der Waals surface area contributed by atoms with E-state index in [9.17, 15) is 9.59 Å². The van der Waals surface area contributed by atoms with Gasteiger partial charge in [-0.25, -0.2) is 4.79 Å². The maximum atomic E-state index is 12.0. The molecule has 120 valence electrons. The highest BCUT2D eigenvalue weighted by atomic mass is 35.5. The second kappa shape index (κ2) is 7.89. The first-order valence-electron chi connectivity index (χ1n) is 7.02. The maximum absolute atomic E-state index is 12.0. The Kier molecular flexibility index (Phi) is 5.89. The molecule has 7 heteroatoms. The number of rotatable bonds is 4. The summed E-state index contributed by atoms with van der Waals surface area (Å²) in [5, 5.41) is 0. The van der Waals surface area contributed by atoms with E-state index in [0.29, 0.717) is 26.2 Å². The molecule has 0 spiro atoms. The Morgan fingerprint density at radius 1 is 1.09 bits per heavy atom. The van der Waals surface area contributed by atoms with Crippen molar-refractivity contribution in [1.82, 2.24) is 9.80 Å². The largest absolute Gasteiger partial charge is 0.497 e. The number of methoxy groups -OCH3 is 1. The summed E-state index contributed by atoms with van der Waals surface area (Å²) in [5.74, 6) is 0.630. The zero-order valence-electron chi connectivity index (χ0n) is 12.5. The zero-order valence-corrected chi connectivity index (χ0v) is 13.2. The van der Waals surface area contributed by atoms with Crippen molar-refractivity contribution in [3.63, 3.8) is 0 Å². The van der Waals surface area contributed by atoms with Crippen molar-refractivity contribution in [3.05, 3.63) is 29.8 Å². The predicted octanol–water partition coefficient (Wildman–Crippen LogP) is 1.71. The number of carbonyl (C=O) groups is 2. The fraction of sp³-hybridized carbons (Fsp3) is 0.467. The number of benzene rings is 1. The van der Waals surface area contributed by atoms with Crippen molar-refractivity contribution in [3.8, 4) is 5.75 Å². The number of carbonyl (C=O) groups excluding carboxylic acids is 2. The Morgan fingerprint density at radius 3 is 2.23 bits per heavy atom. The maximum Gasteiger partial charge on any atom is 0.410 e. The number of ether oxygens (including phenoxy) is 2. The summed E-state index contributed by atoms with van der Waals surface area (Å²) in [4.78, 5) is 26.7. The second-order valence-electron chi connectivity index (χ2n) is 4.90. The van der Waals surface area contributed by atoms with Gasteiger partial charge in [0.15, 0.2) is 0 Å². The quantitative estimate of drug-likeness (QED) is 0.790. The van der Waals surface area contributed by atoms with E-state index < -0.39 is 0 Å².